The highest BCUT2D eigenvalue weighted by Crippen LogP contribution is 1.97. The lowest BCUT2D eigenvalue weighted by Crippen LogP contribution is -2.55. The number of aromatic nitrogens is 3. The van der Waals surface area contributed by atoms with E-state index < -0.39 is 25.9 Å². The van der Waals surface area contributed by atoms with Crippen molar-refractivity contribution in [2.75, 3.05) is 0 Å². The fraction of sp³-hybridized carbons (Fsp3) is 0.500. The average molecular weight is 308 g/mol. The summed E-state index contributed by atoms with van der Waals surface area (Å²) in [5.41, 5.74) is -1.71. The molecule has 1 aromatic rings. The minimum atomic E-state index is -0.829. The summed E-state index contributed by atoms with van der Waals surface area (Å²) in [6.45, 7) is 11.4. The molecule has 0 saturated heterocycles. The molecule has 1 aromatic heterocycles. The third-order valence-corrected chi connectivity index (χ3v) is 5.32. The summed E-state index contributed by atoms with van der Waals surface area (Å²) < 4.78 is 3.26. The maximum Gasteiger partial charge on any atom is 0.336 e. The highest BCUT2D eigenvalue weighted by Gasteiger charge is 2.16. The second kappa shape index (κ2) is 7.77. The molecule has 0 aliphatic heterocycles. The Hall–Kier alpha value is -1.89. The minimum absolute atomic E-state index is 0.0919. The molecular weight excluding hydrogens is 286 g/mol. The number of hydrogen-bond donors (Lipinski definition) is 0. The van der Waals surface area contributed by atoms with Gasteiger partial charge in [0.25, 0.3) is 0 Å². The van der Waals surface area contributed by atoms with Crippen molar-refractivity contribution in [3.8, 4) is 0 Å². The molecular formula is C14H22N3O3Si. The Balaban J connectivity index is 3.51. The Labute approximate surface area is 125 Å². The molecule has 0 bridgehead atoms. The highest BCUT2D eigenvalue weighted by atomic mass is 28.3. The van der Waals surface area contributed by atoms with Crippen LogP contribution in [0.3, 0.4) is 0 Å². The van der Waals surface area contributed by atoms with Gasteiger partial charge in [-0.1, -0.05) is 38.1 Å². The quantitative estimate of drug-likeness (QED) is 0.522. The Morgan fingerprint density at radius 3 is 1.76 bits per heavy atom. The van der Waals surface area contributed by atoms with Crippen molar-refractivity contribution in [3.63, 3.8) is 0 Å². The van der Waals surface area contributed by atoms with Crippen molar-refractivity contribution in [3.05, 3.63) is 56.8 Å². The third-order valence-electron chi connectivity index (χ3n) is 3.11. The Bertz CT molecular complexity index is 636. The van der Waals surface area contributed by atoms with Gasteiger partial charge in [0, 0.05) is 6.17 Å². The van der Waals surface area contributed by atoms with Crippen LogP contribution in [0.1, 0.15) is 13.3 Å². The van der Waals surface area contributed by atoms with Crippen LogP contribution in [0.2, 0.25) is 12.6 Å². The van der Waals surface area contributed by atoms with Crippen LogP contribution in [-0.2, 0) is 19.3 Å². The fourth-order valence-electron chi connectivity index (χ4n) is 2.16. The molecule has 21 heavy (non-hydrogen) atoms. The lowest BCUT2D eigenvalue weighted by molar-refractivity contribution is 0.508. The van der Waals surface area contributed by atoms with Crippen LogP contribution >= 0.6 is 0 Å². The van der Waals surface area contributed by atoms with E-state index in [0.717, 1.165) is 21.6 Å². The lowest BCUT2D eigenvalue weighted by Gasteiger charge is -2.14. The molecule has 0 aliphatic rings. The SMILES string of the molecule is C=CCn1c(=O)n(CC=C)c(=O)n(C[Si](C)CCC)c1=O. The summed E-state index contributed by atoms with van der Waals surface area (Å²) in [5.74, 6) is 0. The molecule has 1 radical (unpaired) electrons. The van der Waals surface area contributed by atoms with E-state index in [-0.39, 0.29) is 13.1 Å². The molecule has 0 aromatic carbocycles. The minimum Gasteiger partial charge on any atom is -0.248 e. The Kier molecular flexibility index (Phi) is 6.35. The van der Waals surface area contributed by atoms with E-state index in [0.29, 0.717) is 6.17 Å². The summed E-state index contributed by atoms with van der Waals surface area (Å²) in [7, 11) is -0.829. The summed E-state index contributed by atoms with van der Waals surface area (Å²) in [5, 5.41) is 0. The topological polar surface area (TPSA) is 66.0 Å². The van der Waals surface area contributed by atoms with Crippen molar-refractivity contribution >= 4 is 8.80 Å². The van der Waals surface area contributed by atoms with Crippen LogP contribution in [-0.4, -0.2) is 22.5 Å². The van der Waals surface area contributed by atoms with E-state index in [1.54, 1.807) is 0 Å². The van der Waals surface area contributed by atoms with Gasteiger partial charge < -0.3 is 0 Å². The first-order valence-corrected chi connectivity index (χ1v) is 9.36. The second-order valence-corrected chi connectivity index (χ2v) is 7.67. The molecule has 6 nitrogen and oxygen atoms in total. The van der Waals surface area contributed by atoms with Crippen LogP contribution in [0.15, 0.2) is 39.7 Å². The van der Waals surface area contributed by atoms with Crippen molar-refractivity contribution in [1.29, 1.82) is 0 Å². The molecule has 0 unspecified atom stereocenters. The normalized spacial score (nSPS) is 10.8. The summed E-state index contributed by atoms with van der Waals surface area (Å²) in [6.07, 6.45) is 4.37. The zero-order valence-electron chi connectivity index (χ0n) is 12.7. The molecule has 0 atom stereocenters. The zero-order chi connectivity index (χ0) is 16.0. The predicted molar refractivity (Wildman–Crippen MR) is 86.3 cm³/mol. The maximum absolute atomic E-state index is 12.4. The largest absolute Gasteiger partial charge is 0.336 e. The predicted octanol–water partition coefficient (Wildman–Crippen LogP) is 0.617. The van der Waals surface area contributed by atoms with Gasteiger partial charge in [0.2, 0.25) is 0 Å². The molecule has 0 spiro atoms. The van der Waals surface area contributed by atoms with Crippen LogP contribution in [0.25, 0.3) is 0 Å². The molecule has 1 heterocycles. The second-order valence-electron chi connectivity index (χ2n) is 4.94. The number of allylic oxidation sites excluding steroid dienone is 2. The van der Waals surface area contributed by atoms with Crippen LogP contribution in [0.4, 0.5) is 0 Å². The van der Waals surface area contributed by atoms with Crippen molar-refractivity contribution in [2.45, 2.75) is 45.2 Å². The van der Waals surface area contributed by atoms with Crippen LogP contribution in [0.5, 0.6) is 0 Å². The first-order valence-electron chi connectivity index (χ1n) is 6.95. The monoisotopic (exact) mass is 308 g/mol. The average Bonchev–Trinajstić information content (AvgIpc) is 2.45. The van der Waals surface area contributed by atoms with Crippen molar-refractivity contribution in [1.82, 2.24) is 13.7 Å². The molecule has 0 aliphatic carbocycles. The first kappa shape index (κ1) is 17.2. The van der Waals surface area contributed by atoms with Gasteiger partial charge in [-0.3, -0.25) is 0 Å². The Morgan fingerprint density at radius 2 is 1.38 bits per heavy atom. The highest BCUT2D eigenvalue weighted by molar-refractivity contribution is 6.55. The standard InChI is InChI=1S/C14H22N3O3Si/c1-5-8-15-12(18)16(9-6-2)14(20)17(13(15)19)11-21(4)10-7-3/h5-6H,1-2,7-11H2,3-4H3. The number of nitrogens with zero attached hydrogens (tertiary/aromatic N) is 3. The van der Waals surface area contributed by atoms with Gasteiger partial charge in [0.15, 0.2) is 0 Å². The summed E-state index contributed by atoms with van der Waals surface area (Å²) in [6, 6.07) is 1.01. The van der Waals surface area contributed by atoms with Crippen molar-refractivity contribution < 1.29 is 0 Å². The van der Waals surface area contributed by atoms with E-state index in [1.807, 2.05) is 0 Å². The summed E-state index contributed by atoms with van der Waals surface area (Å²) >= 11 is 0. The Morgan fingerprint density at radius 1 is 0.952 bits per heavy atom. The maximum atomic E-state index is 12.4. The van der Waals surface area contributed by atoms with Gasteiger partial charge in [-0.05, 0) is 0 Å². The van der Waals surface area contributed by atoms with E-state index in [1.165, 1.54) is 16.7 Å². The van der Waals surface area contributed by atoms with E-state index in [9.17, 15) is 14.4 Å². The molecule has 1 rings (SSSR count). The third kappa shape index (κ3) is 3.81. The van der Waals surface area contributed by atoms with Gasteiger partial charge >= 0.3 is 17.1 Å². The van der Waals surface area contributed by atoms with Gasteiger partial charge in [0.05, 0.1) is 21.9 Å². The zero-order valence-corrected chi connectivity index (χ0v) is 13.7. The first-order chi connectivity index (χ1) is 9.97. The fourth-order valence-corrected chi connectivity index (χ4v) is 3.99. The van der Waals surface area contributed by atoms with Gasteiger partial charge in [-0.2, -0.15) is 0 Å². The van der Waals surface area contributed by atoms with Crippen molar-refractivity contribution in [2.24, 2.45) is 0 Å². The van der Waals surface area contributed by atoms with E-state index in [2.05, 4.69) is 26.6 Å². The van der Waals surface area contributed by atoms with Crippen LogP contribution < -0.4 is 17.1 Å². The molecule has 0 saturated carbocycles. The molecule has 7 heteroatoms. The number of rotatable bonds is 8. The molecule has 0 N–H and O–H groups in total. The van der Waals surface area contributed by atoms with Gasteiger partial charge in [-0.25, -0.2) is 28.1 Å². The summed E-state index contributed by atoms with van der Waals surface area (Å²) in [4.78, 5) is 36.9. The molecule has 115 valence electrons. The van der Waals surface area contributed by atoms with E-state index in [4.69, 9.17) is 0 Å². The van der Waals surface area contributed by atoms with Crippen LogP contribution in [0, 0.1) is 0 Å². The van der Waals surface area contributed by atoms with E-state index >= 15 is 0 Å². The molecule has 0 fully saturated rings. The van der Waals surface area contributed by atoms with Gasteiger partial charge in [0.1, 0.15) is 0 Å². The number of hydrogen-bond acceptors (Lipinski definition) is 3. The lowest BCUT2D eigenvalue weighted by atomic mass is 10.5. The molecule has 0 amide bonds. The van der Waals surface area contributed by atoms with Gasteiger partial charge in [-0.15, -0.1) is 13.2 Å². The smallest absolute Gasteiger partial charge is 0.248 e.